The van der Waals surface area contributed by atoms with Crippen LogP contribution in [0.4, 0.5) is 10.1 Å². The first-order valence-electron chi connectivity index (χ1n) is 5.19. The first-order valence-corrected chi connectivity index (χ1v) is 5.19. The highest BCUT2D eigenvalue weighted by atomic mass is 19.1. The Balaban J connectivity index is 2.10. The maximum absolute atomic E-state index is 13.4. The SMILES string of the molecule is Cc1ccc(F)c(NC(C)C2CC2)c1. The second-order valence-electron chi connectivity index (χ2n) is 4.25. The number of aryl methyl sites for hydroxylation is 1. The van der Waals surface area contributed by atoms with Crippen LogP contribution in [0, 0.1) is 18.7 Å². The Morgan fingerprint density at radius 2 is 2.14 bits per heavy atom. The molecule has 0 saturated heterocycles. The lowest BCUT2D eigenvalue weighted by Crippen LogP contribution is -2.18. The number of nitrogens with one attached hydrogen (secondary N) is 1. The van der Waals surface area contributed by atoms with E-state index in [2.05, 4.69) is 12.2 Å². The number of rotatable bonds is 3. The molecule has 1 aliphatic rings. The molecule has 14 heavy (non-hydrogen) atoms. The highest BCUT2D eigenvalue weighted by Gasteiger charge is 2.28. The third-order valence-corrected chi connectivity index (χ3v) is 2.83. The van der Waals surface area contributed by atoms with Crippen LogP contribution in [0.15, 0.2) is 18.2 Å². The van der Waals surface area contributed by atoms with E-state index < -0.39 is 0 Å². The molecule has 2 heteroatoms. The van der Waals surface area contributed by atoms with Gasteiger partial charge in [0.25, 0.3) is 0 Å². The highest BCUT2D eigenvalue weighted by molar-refractivity contribution is 5.47. The molecule has 1 aromatic rings. The zero-order valence-electron chi connectivity index (χ0n) is 8.68. The van der Waals surface area contributed by atoms with Crippen molar-refractivity contribution in [1.82, 2.24) is 0 Å². The maximum atomic E-state index is 13.4. The minimum atomic E-state index is -0.150. The summed E-state index contributed by atoms with van der Waals surface area (Å²) in [5.41, 5.74) is 1.74. The van der Waals surface area contributed by atoms with E-state index in [1.54, 1.807) is 6.07 Å². The molecule has 76 valence electrons. The summed E-state index contributed by atoms with van der Waals surface area (Å²) in [6.45, 7) is 4.10. The van der Waals surface area contributed by atoms with Crippen LogP contribution in [-0.4, -0.2) is 6.04 Å². The molecular formula is C12H16FN. The van der Waals surface area contributed by atoms with E-state index in [4.69, 9.17) is 0 Å². The molecule has 1 N–H and O–H groups in total. The summed E-state index contributed by atoms with van der Waals surface area (Å²) in [6.07, 6.45) is 2.56. The van der Waals surface area contributed by atoms with E-state index in [1.807, 2.05) is 13.0 Å². The fourth-order valence-corrected chi connectivity index (χ4v) is 1.71. The van der Waals surface area contributed by atoms with Gasteiger partial charge >= 0.3 is 0 Å². The van der Waals surface area contributed by atoms with Gasteiger partial charge in [-0.05, 0) is 50.3 Å². The van der Waals surface area contributed by atoms with Gasteiger partial charge in [0.15, 0.2) is 0 Å². The lowest BCUT2D eigenvalue weighted by Gasteiger charge is -2.15. The van der Waals surface area contributed by atoms with Gasteiger partial charge in [0, 0.05) is 6.04 Å². The molecule has 1 atom stereocenters. The van der Waals surface area contributed by atoms with Gasteiger partial charge in [-0.1, -0.05) is 6.07 Å². The van der Waals surface area contributed by atoms with Crippen molar-refractivity contribution >= 4 is 5.69 Å². The summed E-state index contributed by atoms with van der Waals surface area (Å²) in [5, 5.41) is 3.24. The number of hydrogen-bond donors (Lipinski definition) is 1. The Morgan fingerprint density at radius 1 is 1.43 bits per heavy atom. The summed E-state index contributed by atoms with van der Waals surface area (Å²) < 4.78 is 13.4. The Kier molecular flexibility index (Phi) is 2.44. The molecule has 0 heterocycles. The molecule has 1 saturated carbocycles. The van der Waals surface area contributed by atoms with E-state index in [0.717, 1.165) is 11.5 Å². The topological polar surface area (TPSA) is 12.0 Å². The zero-order chi connectivity index (χ0) is 10.1. The van der Waals surface area contributed by atoms with E-state index in [9.17, 15) is 4.39 Å². The monoisotopic (exact) mass is 193 g/mol. The first kappa shape index (κ1) is 9.50. The third-order valence-electron chi connectivity index (χ3n) is 2.83. The number of benzene rings is 1. The predicted octanol–water partition coefficient (Wildman–Crippen LogP) is 3.34. The van der Waals surface area contributed by atoms with Crippen molar-refractivity contribution in [2.24, 2.45) is 5.92 Å². The molecule has 0 bridgehead atoms. The summed E-state index contributed by atoms with van der Waals surface area (Å²) in [5.74, 6) is 0.595. The average Bonchev–Trinajstić information content (AvgIpc) is 2.94. The third kappa shape index (κ3) is 2.06. The van der Waals surface area contributed by atoms with Crippen LogP contribution in [0.3, 0.4) is 0 Å². The fraction of sp³-hybridized carbons (Fsp3) is 0.500. The van der Waals surface area contributed by atoms with Gasteiger partial charge in [0.1, 0.15) is 5.82 Å². The van der Waals surface area contributed by atoms with E-state index in [1.165, 1.54) is 18.9 Å². The molecule has 1 nitrogen and oxygen atoms in total. The lowest BCUT2D eigenvalue weighted by molar-refractivity contribution is 0.619. The zero-order valence-corrected chi connectivity index (χ0v) is 8.68. The molecule has 0 aliphatic heterocycles. The van der Waals surface area contributed by atoms with E-state index in [0.29, 0.717) is 11.7 Å². The van der Waals surface area contributed by atoms with E-state index in [-0.39, 0.29) is 5.82 Å². The lowest BCUT2D eigenvalue weighted by atomic mass is 10.1. The molecular weight excluding hydrogens is 177 g/mol. The second-order valence-corrected chi connectivity index (χ2v) is 4.25. The predicted molar refractivity (Wildman–Crippen MR) is 56.9 cm³/mol. The van der Waals surface area contributed by atoms with Crippen molar-refractivity contribution in [3.05, 3.63) is 29.6 Å². The van der Waals surface area contributed by atoms with Gasteiger partial charge in [0.05, 0.1) is 5.69 Å². The van der Waals surface area contributed by atoms with Crippen molar-refractivity contribution in [1.29, 1.82) is 0 Å². The van der Waals surface area contributed by atoms with Crippen LogP contribution in [0.5, 0.6) is 0 Å². The van der Waals surface area contributed by atoms with Gasteiger partial charge in [-0.25, -0.2) is 4.39 Å². The molecule has 1 aromatic carbocycles. The largest absolute Gasteiger partial charge is 0.380 e. The van der Waals surface area contributed by atoms with Crippen molar-refractivity contribution < 1.29 is 4.39 Å². The van der Waals surface area contributed by atoms with Crippen LogP contribution < -0.4 is 5.32 Å². The van der Waals surface area contributed by atoms with Gasteiger partial charge in [0.2, 0.25) is 0 Å². The maximum Gasteiger partial charge on any atom is 0.146 e. The molecule has 0 amide bonds. The second kappa shape index (κ2) is 3.60. The Labute approximate surface area is 84.3 Å². The fourth-order valence-electron chi connectivity index (χ4n) is 1.71. The Hall–Kier alpha value is -1.05. The number of hydrogen-bond acceptors (Lipinski definition) is 1. The van der Waals surface area contributed by atoms with Crippen molar-refractivity contribution in [2.45, 2.75) is 32.7 Å². The van der Waals surface area contributed by atoms with Crippen molar-refractivity contribution in [2.75, 3.05) is 5.32 Å². The van der Waals surface area contributed by atoms with Gasteiger partial charge in [-0.15, -0.1) is 0 Å². The van der Waals surface area contributed by atoms with E-state index >= 15 is 0 Å². The standard InChI is InChI=1S/C12H16FN/c1-8-3-6-11(13)12(7-8)14-9(2)10-4-5-10/h3,6-7,9-10,14H,4-5H2,1-2H3. The van der Waals surface area contributed by atoms with Gasteiger partial charge in [-0.3, -0.25) is 0 Å². The molecule has 0 aromatic heterocycles. The van der Waals surface area contributed by atoms with Crippen LogP contribution in [-0.2, 0) is 0 Å². The minimum Gasteiger partial charge on any atom is -0.380 e. The van der Waals surface area contributed by atoms with Gasteiger partial charge < -0.3 is 5.32 Å². The molecule has 0 spiro atoms. The van der Waals surface area contributed by atoms with Crippen LogP contribution >= 0.6 is 0 Å². The van der Waals surface area contributed by atoms with Gasteiger partial charge in [-0.2, -0.15) is 0 Å². The van der Waals surface area contributed by atoms with Crippen LogP contribution in [0.25, 0.3) is 0 Å². The molecule has 1 aliphatic carbocycles. The average molecular weight is 193 g/mol. The van der Waals surface area contributed by atoms with Crippen molar-refractivity contribution in [3.8, 4) is 0 Å². The summed E-state index contributed by atoms with van der Waals surface area (Å²) in [6, 6.07) is 5.58. The first-order chi connectivity index (χ1) is 6.66. The summed E-state index contributed by atoms with van der Waals surface area (Å²) in [4.78, 5) is 0. The normalized spacial score (nSPS) is 17.9. The summed E-state index contributed by atoms with van der Waals surface area (Å²) >= 11 is 0. The van der Waals surface area contributed by atoms with Crippen molar-refractivity contribution in [3.63, 3.8) is 0 Å². The molecule has 2 rings (SSSR count). The van der Waals surface area contributed by atoms with Crippen LogP contribution in [0.2, 0.25) is 0 Å². The Morgan fingerprint density at radius 3 is 2.79 bits per heavy atom. The molecule has 0 radical (unpaired) electrons. The molecule has 1 fully saturated rings. The smallest absolute Gasteiger partial charge is 0.146 e. The number of halogens is 1. The number of anilines is 1. The summed E-state index contributed by atoms with van der Waals surface area (Å²) in [7, 11) is 0. The van der Waals surface area contributed by atoms with Crippen LogP contribution in [0.1, 0.15) is 25.3 Å². The molecule has 1 unspecified atom stereocenters. The highest BCUT2D eigenvalue weighted by Crippen LogP contribution is 2.34. The minimum absolute atomic E-state index is 0.150. The quantitative estimate of drug-likeness (QED) is 0.776. The Bertz CT molecular complexity index is 331.